The molecule has 0 unspecified atom stereocenters. The molecular formula is C13H15FN2O3. The lowest BCUT2D eigenvalue weighted by Crippen LogP contribution is -2.49. The molecule has 2 rings (SSSR count). The van der Waals surface area contributed by atoms with E-state index < -0.39 is 23.9 Å². The Balaban J connectivity index is 2.07. The van der Waals surface area contributed by atoms with Crippen LogP contribution >= 0.6 is 0 Å². The fraction of sp³-hybridized carbons (Fsp3) is 0.385. The van der Waals surface area contributed by atoms with Gasteiger partial charge in [0, 0.05) is 12.2 Å². The quantitative estimate of drug-likeness (QED) is 0.862. The highest BCUT2D eigenvalue weighted by Crippen LogP contribution is 2.19. The molecule has 1 aliphatic heterocycles. The van der Waals surface area contributed by atoms with Crippen LogP contribution in [0.25, 0.3) is 0 Å². The van der Waals surface area contributed by atoms with E-state index >= 15 is 0 Å². The maximum absolute atomic E-state index is 13.0. The SMILES string of the molecule is O=C(O)[C@H]1CCCCN1C(=O)Nc1cccc(F)c1. The Hall–Kier alpha value is -2.11. The van der Waals surface area contributed by atoms with Crippen LogP contribution in [0.15, 0.2) is 24.3 Å². The Morgan fingerprint density at radius 2 is 2.16 bits per heavy atom. The molecule has 5 nitrogen and oxygen atoms in total. The van der Waals surface area contributed by atoms with Gasteiger partial charge in [0.1, 0.15) is 11.9 Å². The molecule has 19 heavy (non-hydrogen) atoms. The van der Waals surface area contributed by atoms with Gasteiger partial charge in [0.25, 0.3) is 0 Å². The molecule has 0 bridgehead atoms. The molecule has 1 fully saturated rings. The van der Waals surface area contributed by atoms with E-state index in [9.17, 15) is 14.0 Å². The predicted molar refractivity (Wildman–Crippen MR) is 67.4 cm³/mol. The first-order chi connectivity index (χ1) is 9.08. The number of anilines is 1. The van der Waals surface area contributed by atoms with Gasteiger partial charge >= 0.3 is 12.0 Å². The van der Waals surface area contributed by atoms with Crippen LogP contribution in [-0.2, 0) is 4.79 Å². The molecule has 1 aromatic carbocycles. The van der Waals surface area contributed by atoms with Crippen LogP contribution in [0.2, 0.25) is 0 Å². The minimum atomic E-state index is -1.01. The minimum absolute atomic E-state index is 0.319. The molecule has 0 saturated carbocycles. The molecule has 6 heteroatoms. The fourth-order valence-corrected chi connectivity index (χ4v) is 2.19. The summed E-state index contributed by atoms with van der Waals surface area (Å²) < 4.78 is 13.0. The van der Waals surface area contributed by atoms with E-state index in [4.69, 9.17) is 5.11 Å². The molecule has 1 aliphatic rings. The van der Waals surface area contributed by atoms with Crippen molar-refractivity contribution in [1.29, 1.82) is 0 Å². The zero-order valence-corrected chi connectivity index (χ0v) is 10.3. The fourth-order valence-electron chi connectivity index (χ4n) is 2.19. The number of hydrogen-bond acceptors (Lipinski definition) is 2. The molecule has 1 heterocycles. The maximum atomic E-state index is 13.0. The molecule has 2 N–H and O–H groups in total. The molecule has 1 aromatic rings. The molecule has 1 atom stereocenters. The summed E-state index contributed by atoms with van der Waals surface area (Å²) in [7, 11) is 0. The highest BCUT2D eigenvalue weighted by molar-refractivity contribution is 5.92. The number of halogens is 1. The van der Waals surface area contributed by atoms with Crippen molar-refractivity contribution in [2.24, 2.45) is 0 Å². The van der Waals surface area contributed by atoms with Crippen molar-refractivity contribution in [1.82, 2.24) is 4.90 Å². The van der Waals surface area contributed by atoms with Crippen LogP contribution in [0.4, 0.5) is 14.9 Å². The van der Waals surface area contributed by atoms with Gasteiger partial charge in [-0.05, 0) is 37.5 Å². The Bertz CT molecular complexity index is 493. The highest BCUT2D eigenvalue weighted by Gasteiger charge is 2.31. The van der Waals surface area contributed by atoms with Crippen LogP contribution in [0.3, 0.4) is 0 Å². The van der Waals surface area contributed by atoms with Crippen molar-refractivity contribution in [2.75, 3.05) is 11.9 Å². The standard InChI is InChI=1S/C13H15FN2O3/c14-9-4-3-5-10(8-9)15-13(19)16-7-2-1-6-11(16)12(17)18/h3-5,8,11H,1-2,6-7H2,(H,15,19)(H,17,18)/t11-/m1/s1. The summed E-state index contributed by atoms with van der Waals surface area (Å²) in [6, 6.07) is 4.20. The van der Waals surface area contributed by atoms with Gasteiger partial charge in [-0.15, -0.1) is 0 Å². The van der Waals surface area contributed by atoms with Crippen molar-refractivity contribution >= 4 is 17.7 Å². The van der Waals surface area contributed by atoms with E-state index in [0.717, 1.165) is 12.8 Å². The van der Waals surface area contributed by atoms with Gasteiger partial charge in [0.15, 0.2) is 0 Å². The molecule has 0 aliphatic carbocycles. The summed E-state index contributed by atoms with van der Waals surface area (Å²) in [6.07, 6.45) is 2.02. The number of amides is 2. The summed E-state index contributed by atoms with van der Waals surface area (Å²) in [4.78, 5) is 24.4. The largest absolute Gasteiger partial charge is 0.480 e. The Kier molecular flexibility index (Phi) is 3.99. The number of carboxylic acid groups (broad SMARTS) is 1. The Morgan fingerprint density at radius 1 is 1.37 bits per heavy atom. The van der Waals surface area contributed by atoms with Crippen LogP contribution in [0.5, 0.6) is 0 Å². The van der Waals surface area contributed by atoms with Crippen molar-refractivity contribution in [3.8, 4) is 0 Å². The zero-order chi connectivity index (χ0) is 13.8. The number of nitrogens with one attached hydrogen (secondary N) is 1. The number of benzene rings is 1. The number of aliphatic carboxylic acids is 1. The average Bonchev–Trinajstić information content (AvgIpc) is 2.38. The monoisotopic (exact) mass is 266 g/mol. The number of likely N-dealkylation sites (tertiary alicyclic amines) is 1. The summed E-state index contributed by atoms with van der Waals surface area (Å²) in [6.45, 7) is 0.401. The number of carbonyl (C=O) groups is 2. The molecule has 0 radical (unpaired) electrons. The molecule has 1 saturated heterocycles. The molecular weight excluding hydrogens is 251 g/mol. The van der Waals surface area contributed by atoms with E-state index in [0.29, 0.717) is 18.7 Å². The van der Waals surface area contributed by atoms with Crippen molar-refractivity contribution in [3.05, 3.63) is 30.1 Å². The van der Waals surface area contributed by atoms with Gasteiger partial charge < -0.3 is 15.3 Å². The first-order valence-corrected chi connectivity index (χ1v) is 6.14. The molecule has 102 valence electrons. The lowest BCUT2D eigenvalue weighted by atomic mass is 10.0. The number of carbonyl (C=O) groups excluding carboxylic acids is 1. The zero-order valence-electron chi connectivity index (χ0n) is 10.3. The lowest BCUT2D eigenvalue weighted by molar-refractivity contribution is -0.143. The van der Waals surface area contributed by atoms with Crippen LogP contribution < -0.4 is 5.32 Å². The van der Waals surface area contributed by atoms with E-state index in [-0.39, 0.29) is 0 Å². The highest BCUT2D eigenvalue weighted by atomic mass is 19.1. The van der Waals surface area contributed by atoms with Gasteiger partial charge in [0.05, 0.1) is 0 Å². The second kappa shape index (κ2) is 5.69. The summed E-state index contributed by atoms with van der Waals surface area (Å²) in [5.74, 6) is -1.46. The number of piperidine rings is 1. The van der Waals surface area contributed by atoms with Gasteiger partial charge in [-0.3, -0.25) is 0 Å². The Morgan fingerprint density at radius 3 is 2.84 bits per heavy atom. The van der Waals surface area contributed by atoms with Gasteiger partial charge in [-0.1, -0.05) is 6.07 Å². The summed E-state index contributed by atoms with van der Waals surface area (Å²) in [5.41, 5.74) is 0.319. The van der Waals surface area contributed by atoms with Gasteiger partial charge in [-0.2, -0.15) is 0 Å². The molecule has 0 spiro atoms. The number of urea groups is 1. The normalized spacial score (nSPS) is 19.0. The van der Waals surface area contributed by atoms with Crippen LogP contribution in [-0.4, -0.2) is 34.6 Å². The first-order valence-electron chi connectivity index (χ1n) is 6.14. The number of rotatable bonds is 2. The third-order valence-corrected chi connectivity index (χ3v) is 3.12. The number of hydrogen-bond donors (Lipinski definition) is 2. The predicted octanol–water partition coefficient (Wildman–Crippen LogP) is 2.30. The number of carboxylic acids is 1. The van der Waals surface area contributed by atoms with Crippen molar-refractivity contribution in [2.45, 2.75) is 25.3 Å². The van der Waals surface area contributed by atoms with Gasteiger partial charge in [0.2, 0.25) is 0 Å². The number of nitrogens with zero attached hydrogens (tertiary/aromatic N) is 1. The summed E-state index contributed by atoms with van der Waals surface area (Å²) >= 11 is 0. The maximum Gasteiger partial charge on any atom is 0.326 e. The van der Waals surface area contributed by atoms with E-state index in [1.807, 2.05) is 0 Å². The minimum Gasteiger partial charge on any atom is -0.480 e. The second-order valence-electron chi connectivity index (χ2n) is 4.48. The van der Waals surface area contributed by atoms with Gasteiger partial charge in [-0.25, -0.2) is 14.0 Å². The lowest BCUT2D eigenvalue weighted by Gasteiger charge is -2.32. The van der Waals surface area contributed by atoms with E-state index in [1.54, 1.807) is 6.07 Å². The second-order valence-corrected chi connectivity index (χ2v) is 4.48. The Labute approximate surface area is 110 Å². The molecule has 0 aromatic heterocycles. The van der Waals surface area contributed by atoms with Crippen LogP contribution in [0, 0.1) is 5.82 Å². The first kappa shape index (κ1) is 13.3. The average molecular weight is 266 g/mol. The third kappa shape index (κ3) is 3.21. The van der Waals surface area contributed by atoms with Crippen LogP contribution in [0.1, 0.15) is 19.3 Å². The smallest absolute Gasteiger partial charge is 0.326 e. The van der Waals surface area contributed by atoms with E-state index in [2.05, 4.69) is 5.32 Å². The van der Waals surface area contributed by atoms with Crippen molar-refractivity contribution < 1.29 is 19.1 Å². The van der Waals surface area contributed by atoms with Crippen molar-refractivity contribution in [3.63, 3.8) is 0 Å². The topological polar surface area (TPSA) is 69.6 Å². The third-order valence-electron chi connectivity index (χ3n) is 3.12. The van der Waals surface area contributed by atoms with E-state index in [1.165, 1.54) is 23.1 Å². The molecule has 2 amide bonds. The summed E-state index contributed by atoms with van der Waals surface area (Å²) in [5, 5.41) is 11.6.